The Balaban J connectivity index is 1.67. The third-order valence-electron chi connectivity index (χ3n) is 3.89. The second-order valence-electron chi connectivity index (χ2n) is 5.69. The molecule has 2 N–H and O–H groups in total. The Labute approximate surface area is 151 Å². The number of pyridine rings is 2. The number of hydrogen-bond acceptors (Lipinski definition) is 5. The molecule has 0 spiro atoms. The van der Waals surface area contributed by atoms with E-state index < -0.39 is 0 Å². The van der Waals surface area contributed by atoms with Crippen LogP contribution in [0.5, 0.6) is 0 Å². The molecule has 0 unspecified atom stereocenters. The van der Waals surface area contributed by atoms with Gasteiger partial charge < -0.3 is 10.6 Å². The van der Waals surface area contributed by atoms with Crippen LogP contribution in [0.3, 0.4) is 0 Å². The standard InChI is InChI=1S/C20H17N5O/c1-14(24-19-17(13-21)3-2-10-23-19)15-4-6-18(7-5-15)25-20(26)16-8-11-22-12-9-16/h2-12,14H,1H3,(H,23,24)(H,25,26)/t14-/m1/s1. The Morgan fingerprint density at radius 2 is 1.81 bits per heavy atom. The van der Waals surface area contributed by atoms with E-state index in [0.29, 0.717) is 22.6 Å². The molecule has 0 aliphatic rings. The third kappa shape index (κ3) is 4.02. The van der Waals surface area contributed by atoms with Crippen molar-refractivity contribution in [1.82, 2.24) is 9.97 Å². The van der Waals surface area contributed by atoms with E-state index in [9.17, 15) is 4.79 Å². The van der Waals surface area contributed by atoms with Crippen LogP contribution in [0.2, 0.25) is 0 Å². The zero-order valence-electron chi connectivity index (χ0n) is 14.2. The lowest BCUT2D eigenvalue weighted by molar-refractivity contribution is 0.102. The maximum Gasteiger partial charge on any atom is 0.255 e. The van der Waals surface area contributed by atoms with Gasteiger partial charge in [0.2, 0.25) is 0 Å². The van der Waals surface area contributed by atoms with Gasteiger partial charge in [0.05, 0.1) is 5.56 Å². The minimum atomic E-state index is -0.182. The van der Waals surface area contributed by atoms with Crippen molar-refractivity contribution in [2.75, 3.05) is 10.6 Å². The van der Waals surface area contributed by atoms with Gasteiger partial charge in [-0.3, -0.25) is 9.78 Å². The third-order valence-corrected chi connectivity index (χ3v) is 3.89. The van der Waals surface area contributed by atoms with Crippen LogP contribution in [0.4, 0.5) is 11.5 Å². The number of nitriles is 1. The Morgan fingerprint density at radius 1 is 1.08 bits per heavy atom. The normalized spacial score (nSPS) is 11.2. The fraction of sp³-hybridized carbons (Fsp3) is 0.100. The molecule has 3 rings (SSSR count). The van der Waals surface area contributed by atoms with E-state index in [1.54, 1.807) is 42.9 Å². The first kappa shape index (κ1) is 17.1. The summed E-state index contributed by atoms with van der Waals surface area (Å²) in [6, 6.07) is 16.4. The number of hydrogen-bond donors (Lipinski definition) is 2. The van der Waals surface area contributed by atoms with Crippen molar-refractivity contribution < 1.29 is 4.79 Å². The lowest BCUT2D eigenvalue weighted by atomic mass is 10.1. The van der Waals surface area contributed by atoms with Gasteiger partial charge in [-0.05, 0) is 48.9 Å². The van der Waals surface area contributed by atoms with E-state index in [-0.39, 0.29) is 11.9 Å². The smallest absolute Gasteiger partial charge is 0.255 e. The van der Waals surface area contributed by atoms with Crippen LogP contribution >= 0.6 is 0 Å². The Hall–Kier alpha value is -3.72. The summed E-state index contributed by atoms with van der Waals surface area (Å²) in [5.41, 5.74) is 2.78. The van der Waals surface area contributed by atoms with Crippen LogP contribution in [0.1, 0.15) is 34.5 Å². The highest BCUT2D eigenvalue weighted by atomic mass is 16.1. The van der Waals surface area contributed by atoms with E-state index in [0.717, 1.165) is 5.56 Å². The maximum absolute atomic E-state index is 12.2. The average molecular weight is 343 g/mol. The Morgan fingerprint density at radius 3 is 2.50 bits per heavy atom. The first-order valence-electron chi connectivity index (χ1n) is 8.10. The van der Waals surface area contributed by atoms with Gasteiger partial charge in [0.1, 0.15) is 11.9 Å². The SMILES string of the molecule is C[C@@H](Nc1ncccc1C#N)c1ccc(NC(=O)c2ccncc2)cc1. The summed E-state index contributed by atoms with van der Waals surface area (Å²) in [5.74, 6) is 0.371. The Bertz CT molecular complexity index is 932. The highest BCUT2D eigenvalue weighted by Crippen LogP contribution is 2.21. The largest absolute Gasteiger partial charge is 0.362 e. The van der Waals surface area contributed by atoms with Gasteiger partial charge in [-0.2, -0.15) is 5.26 Å². The average Bonchev–Trinajstić information content (AvgIpc) is 2.69. The van der Waals surface area contributed by atoms with Gasteiger partial charge in [-0.25, -0.2) is 4.98 Å². The van der Waals surface area contributed by atoms with Gasteiger partial charge in [0, 0.05) is 35.9 Å². The predicted molar refractivity (Wildman–Crippen MR) is 99.6 cm³/mol. The molecule has 0 fully saturated rings. The van der Waals surface area contributed by atoms with Crippen LogP contribution in [-0.2, 0) is 0 Å². The molecule has 26 heavy (non-hydrogen) atoms. The molecule has 0 radical (unpaired) electrons. The quantitative estimate of drug-likeness (QED) is 0.736. The lowest BCUT2D eigenvalue weighted by Crippen LogP contribution is -2.12. The molecule has 0 bridgehead atoms. The molecule has 0 aliphatic carbocycles. The number of carbonyl (C=O) groups excluding carboxylic acids is 1. The predicted octanol–water partition coefficient (Wildman–Crippen LogP) is 3.77. The molecule has 3 aromatic rings. The van der Waals surface area contributed by atoms with Crippen LogP contribution in [0.15, 0.2) is 67.1 Å². The zero-order valence-corrected chi connectivity index (χ0v) is 14.2. The molecule has 6 heteroatoms. The van der Waals surface area contributed by atoms with Crippen molar-refractivity contribution >= 4 is 17.4 Å². The number of carbonyl (C=O) groups is 1. The van der Waals surface area contributed by atoms with Crippen molar-refractivity contribution in [3.05, 3.63) is 83.8 Å². The number of anilines is 2. The summed E-state index contributed by atoms with van der Waals surface area (Å²) in [4.78, 5) is 20.3. The van der Waals surface area contributed by atoms with Crippen LogP contribution < -0.4 is 10.6 Å². The van der Waals surface area contributed by atoms with Crippen LogP contribution in [0.25, 0.3) is 0 Å². The van der Waals surface area contributed by atoms with Gasteiger partial charge in [0.15, 0.2) is 0 Å². The second-order valence-corrected chi connectivity index (χ2v) is 5.69. The highest BCUT2D eigenvalue weighted by Gasteiger charge is 2.10. The molecule has 6 nitrogen and oxygen atoms in total. The Kier molecular flexibility index (Phi) is 5.20. The van der Waals surface area contributed by atoms with E-state index in [2.05, 4.69) is 26.7 Å². The van der Waals surface area contributed by atoms with E-state index >= 15 is 0 Å². The monoisotopic (exact) mass is 343 g/mol. The fourth-order valence-corrected chi connectivity index (χ4v) is 2.46. The van der Waals surface area contributed by atoms with E-state index in [4.69, 9.17) is 5.26 Å². The van der Waals surface area contributed by atoms with Crippen molar-refractivity contribution in [3.8, 4) is 6.07 Å². The summed E-state index contributed by atoms with van der Waals surface area (Å²) in [5, 5.41) is 15.2. The summed E-state index contributed by atoms with van der Waals surface area (Å²) >= 11 is 0. The molecule has 1 amide bonds. The van der Waals surface area contributed by atoms with Crippen molar-refractivity contribution in [2.24, 2.45) is 0 Å². The van der Waals surface area contributed by atoms with E-state index in [1.165, 1.54) is 0 Å². The minimum Gasteiger partial charge on any atom is -0.362 e. The van der Waals surface area contributed by atoms with Gasteiger partial charge in [-0.15, -0.1) is 0 Å². The van der Waals surface area contributed by atoms with Crippen LogP contribution in [0, 0.1) is 11.3 Å². The minimum absolute atomic E-state index is 0.0399. The number of nitrogens with one attached hydrogen (secondary N) is 2. The van der Waals surface area contributed by atoms with Crippen LogP contribution in [-0.4, -0.2) is 15.9 Å². The fourth-order valence-electron chi connectivity index (χ4n) is 2.46. The van der Waals surface area contributed by atoms with Crippen molar-refractivity contribution in [3.63, 3.8) is 0 Å². The molecule has 1 aromatic carbocycles. The molecular formula is C20H17N5O. The summed E-state index contributed by atoms with van der Waals surface area (Å²) in [6.07, 6.45) is 4.81. The van der Waals surface area contributed by atoms with Gasteiger partial charge >= 0.3 is 0 Å². The lowest BCUT2D eigenvalue weighted by Gasteiger charge is -2.16. The molecule has 0 aliphatic heterocycles. The van der Waals surface area contributed by atoms with Gasteiger partial charge in [-0.1, -0.05) is 12.1 Å². The number of aromatic nitrogens is 2. The summed E-state index contributed by atoms with van der Waals surface area (Å²) in [7, 11) is 0. The highest BCUT2D eigenvalue weighted by molar-refractivity contribution is 6.04. The number of nitrogens with zero attached hydrogens (tertiary/aromatic N) is 3. The summed E-state index contributed by atoms with van der Waals surface area (Å²) in [6.45, 7) is 1.99. The maximum atomic E-state index is 12.2. The summed E-state index contributed by atoms with van der Waals surface area (Å²) < 4.78 is 0. The first-order chi connectivity index (χ1) is 12.7. The molecule has 2 heterocycles. The van der Waals surface area contributed by atoms with Gasteiger partial charge in [0.25, 0.3) is 5.91 Å². The zero-order chi connectivity index (χ0) is 18.4. The molecule has 1 atom stereocenters. The topological polar surface area (TPSA) is 90.7 Å². The second kappa shape index (κ2) is 7.90. The molecule has 128 valence electrons. The van der Waals surface area contributed by atoms with E-state index in [1.807, 2.05) is 31.2 Å². The molecular weight excluding hydrogens is 326 g/mol. The van der Waals surface area contributed by atoms with Crippen molar-refractivity contribution in [2.45, 2.75) is 13.0 Å². The number of benzene rings is 1. The molecule has 2 aromatic heterocycles. The molecule has 0 saturated carbocycles. The number of amides is 1. The molecule has 0 saturated heterocycles. The first-order valence-corrected chi connectivity index (χ1v) is 8.10. The number of rotatable bonds is 5. The van der Waals surface area contributed by atoms with Crippen molar-refractivity contribution in [1.29, 1.82) is 5.26 Å².